The van der Waals surface area contributed by atoms with E-state index in [1.54, 1.807) is 6.92 Å². The van der Waals surface area contributed by atoms with Crippen LogP contribution in [0, 0.1) is 13.8 Å². The van der Waals surface area contributed by atoms with E-state index in [9.17, 15) is 9.59 Å². The summed E-state index contributed by atoms with van der Waals surface area (Å²) < 4.78 is 6.34. The average molecular weight is 325 g/mol. The first kappa shape index (κ1) is 16.0. The fourth-order valence-electron chi connectivity index (χ4n) is 2.71. The van der Waals surface area contributed by atoms with E-state index in [1.807, 2.05) is 38.1 Å². The molecule has 6 nitrogen and oxygen atoms in total. The number of aromatic amines is 1. The predicted octanol–water partition coefficient (Wildman–Crippen LogP) is 2.41. The molecule has 3 aromatic rings. The van der Waals surface area contributed by atoms with Crippen molar-refractivity contribution in [1.29, 1.82) is 0 Å². The normalized spacial score (nSPS) is 11.0. The van der Waals surface area contributed by atoms with Gasteiger partial charge in [-0.1, -0.05) is 29.8 Å². The van der Waals surface area contributed by atoms with Crippen molar-refractivity contribution in [2.45, 2.75) is 27.2 Å². The van der Waals surface area contributed by atoms with Crippen LogP contribution in [0.15, 0.2) is 35.1 Å². The molecule has 2 heterocycles. The number of aryl methyl sites for hydroxylation is 2. The number of aromatic nitrogens is 3. The Morgan fingerprint density at radius 1 is 1.25 bits per heavy atom. The molecule has 1 aromatic carbocycles. The van der Waals surface area contributed by atoms with Gasteiger partial charge in [-0.3, -0.25) is 14.7 Å². The van der Waals surface area contributed by atoms with Crippen LogP contribution in [0.3, 0.4) is 0 Å². The van der Waals surface area contributed by atoms with E-state index < -0.39 is 5.97 Å². The third-order valence-corrected chi connectivity index (χ3v) is 3.82. The second kappa shape index (κ2) is 6.31. The van der Waals surface area contributed by atoms with Gasteiger partial charge < -0.3 is 4.74 Å². The number of hydrogen-bond donors (Lipinski definition) is 1. The first-order valence-corrected chi connectivity index (χ1v) is 7.83. The summed E-state index contributed by atoms with van der Waals surface area (Å²) in [5.74, 6) is -0.391. The number of fused-ring (bicyclic) bond motifs is 1. The Balaban J connectivity index is 2.14. The van der Waals surface area contributed by atoms with Crippen molar-refractivity contribution in [1.82, 2.24) is 14.6 Å². The van der Waals surface area contributed by atoms with Crippen LogP contribution >= 0.6 is 0 Å². The molecule has 0 aliphatic carbocycles. The molecule has 0 amide bonds. The molecule has 0 radical (unpaired) electrons. The zero-order valence-corrected chi connectivity index (χ0v) is 13.9. The van der Waals surface area contributed by atoms with Gasteiger partial charge in [0.05, 0.1) is 18.7 Å². The van der Waals surface area contributed by atoms with Crippen LogP contribution in [0.4, 0.5) is 0 Å². The number of hydrogen-bond acceptors (Lipinski definition) is 4. The van der Waals surface area contributed by atoms with E-state index in [-0.39, 0.29) is 12.0 Å². The van der Waals surface area contributed by atoms with Crippen LogP contribution in [0.2, 0.25) is 0 Å². The van der Waals surface area contributed by atoms with E-state index in [0.717, 1.165) is 22.4 Å². The second-order valence-corrected chi connectivity index (χ2v) is 5.70. The van der Waals surface area contributed by atoms with E-state index in [2.05, 4.69) is 10.1 Å². The first-order chi connectivity index (χ1) is 11.5. The molecule has 124 valence electrons. The summed E-state index contributed by atoms with van der Waals surface area (Å²) in [4.78, 5) is 28.5. The fourth-order valence-corrected chi connectivity index (χ4v) is 2.71. The molecule has 0 saturated heterocycles. The highest BCUT2D eigenvalue weighted by atomic mass is 16.5. The maximum atomic E-state index is 12.3. The molecule has 1 N–H and O–H groups in total. The van der Waals surface area contributed by atoms with Gasteiger partial charge in [0.15, 0.2) is 5.65 Å². The zero-order chi connectivity index (χ0) is 17.3. The molecular formula is C18H19N3O3. The monoisotopic (exact) mass is 325 g/mol. The number of nitrogens with zero attached hydrogens (tertiary/aromatic N) is 2. The largest absolute Gasteiger partial charge is 0.466 e. The van der Waals surface area contributed by atoms with Gasteiger partial charge in [-0.25, -0.2) is 9.50 Å². The lowest BCUT2D eigenvalue weighted by molar-refractivity contribution is -0.142. The van der Waals surface area contributed by atoms with Crippen LogP contribution in [-0.2, 0) is 16.0 Å². The van der Waals surface area contributed by atoms with Crippen LogP contribution in [-0.4, -0.2) is 27.2 Å². The Bertz CT molecular complexity index is 952. The molecule has 0 fully saturated rings. The predicted molar refractivity (Wildman–Crippen MR) is 91.1 cm³/mol. The summed E-state index contributed by atoms with van der Waals surface area (Å²) in [5.41, 5.74) is 4.51. The van der Waals surface area contributed by atoms with Crippen molar-refractivity contribution in [3.8, 4) is 11.1 Å². The minimum atomic E-state index is -0.391. The quantitative estimate of drug-likeness (QED) is 0.747. The van der Waals surface area contributed by atoms with Crippen molar-refractivity contribution in [2.75, 3.05) is 6.61 Å². The third-order valence-electron chi connectivity index (χ3n) is 3.82. The molecule has 0 bridgehead atoms. The lowest BCUT2D eigenvalue weighted by atomic mass is 10.0. The van der Waals surface area contributed by atoms with Gasteiger partial charge in [0.25, 0.3) is 5.56 Å². The summed E-state index contributed by atoms with van der Waals surface area (Å²) in [5, 5.41) is 3.04. The Hall–Kier alpha value is -2.89. The van der Waals surface area contributed by atoms with Gasteiger partial charge >= 0.3 is 5.97 Å². The second-order valence-electron chi connectivity index (χ2n) is 5.70. The summed E-state index contributed by atoms with van der Waals surface area (Å²) in [6.45, 7) is 5.97. The van der Waals surface area contributed by atoms with E-state index in [1.165, 1.54) is 10.6 Å². The van der Waals surface area contributed by atoms with Crippen LogP contribution in [0.1, 0.15) is 23.9 Å². The Labute approximate surface area is 139 Å². The first-order valence-electron chi connectivity index (χ1n) is 7.83. The van der Waals surface area contributed by atoms with Crippen molar-refractivity contribution in [2.24, 2.45) is 0 Å². The van der Waals surface area contributed by atoms with Gasteiger partial charge in [-0.15, -0.1) is 0 Å². The molecule has 2 aromatic heterocycles. The summed E-state index contributed by atoms with van der Waals surface area (Å²) >= 11 is 0. The maximum absolute atomic E-state index is 12.3. The molecule has 24 heavy (non-hydrogen) atoms. The number of ether oxygens (including phenoxy) is 1. The number of benzene rings is 1. The fraction of sp³-hybridized carbons (Fsp3) is 0.278. The van der Waals surface area contributed by atoms with Gasteiger partial charge in [0.1, 0.15) is 0 Å². The SMILES string of the molecule is CCOC(=O)Cc1cc(=O)n2[nH]c(C)c(-c3ccc(C)cc3)c2n1. The lowest BCUT2D eigenvalue weighted by Gasteiger charge is -2.04. The molecule has 0 saturated carbocycles. The minimum Gasteiger partial charge on any atom is -0.466 e. The number of carbonyl (C=O) groups excluding carboxylic acids is 1. The molecule has 6 heteroatoms. The molecule has 0 aliphatic rings. The number of nitrogens with one attached hydrogen (secondary N) is 1. The lowest BCUT2D eigenvalue weighted by Crippen LogP contribution is -2.18. The standard InChI is InChI=1S/C18H19N3O3/c1-4-24-16(23)10-14-9-15(22)21-18(19-14)17(12(3)20-21)13-7-5-11(2)6-8-13/h5-9,20H,4,10H2,1-3H3. The topological polar surface area (TPSA) is 76.5 Å². The summed E-state index contributed by atoms with van der Waals surface area (Å²) in [6.07, 6.45) is -0.0167. The molecule has 0 atom stereocenters. The number of esters is 1. The zero-order valence-electron chi connectivity index (χ0n) is 13.9. The van der Waals surface area contributed by atoms with Crippen molar-refractivity contribution < 1.29 is 9.53 Å². The number of carbonyl (C=O) groups is 1. The Morgan fingerprint density at radius 2 is 1.96 bits per heavy atom. The third kappa shape index (κ3) is 2.95. The molecular weight excluding hydrogens is 306 g/mol. The highest BCUT2D eigenvalue weighted by Crippen LogP contribution is 2.26. The van der Waals surface area contributed by atoms with Crippen molar-refractivity contribution >= 4 is 11.6 Å². The van der Waals surface area contributed by atoms with Crippen LogP contribution < -0.4 is 5.56 Å². The van der Waals surface area contributed by atoms with E-state index in [0.29, 0.717) is 17.9 Å². The Kier molecular flexibility index (Phi) is 4.20. The van der Waals surface area contributed by atoms with Crippen molar-refractivity contribution in [3.63, 3.8) is 0 Å². The number of H-pyrrole nitrogens is 1. The van der Waals surface area contributed by atoms with E-state index >= 15 is 0 Å². The Morgan fingerprint density at radius 3 is 2.62 bits per heavy atom. The maximum Gasteiger partial charge on any atom is 0.311 e. The molecule has 0 unspecified atom stereocenters. The smallest absolute Gasteiger partial charge is 0.311 e. The van der Waals surface area contributed by atoms with Crippen LogP contribution in [0.5, 0.6) is 0 Å². The van der Waals surface area contributed by atoms with Crippen LogP contribution in [0.25, 0.3) is 16.8 Å². The highest BCUT2D eigenvalue weighted by Gasteiger charge is 2.16. The summed E-state index contributed by atoms with van der Waals surface area (Å²) in [7, 11) is 0. The van der Waals surface area contributed by atoms with Gasteiger partial charge in [0, 0.05) is 17.3 Å². The highest BCUT2D eigenvalue weighted by molar-refractivity contribution is 5.80. The van der Waals surface area contributed by atoms with E-state index in [4.69, 9.17) is 4.74 Å². The van der Waals surface area contributed by atoms with Gasteiger partial charge in [-0.05, 0) is 26.3 Å². The molecule has 0 spiro atoms. The molecule has 0 aliphatic heterocycles. The van der Waals surface area contributed by atoms with Gasteiger partial charge in [-0.2, -0.15) is 0 Å². The minimum absolute atomic E-state index is 0.0167. The van der Waals surface area contributed by atoms with Crippen molar-refractivity contribution in [3.05, 3.63) is 57.6 Å². The van der Waals surface area contributed by atoms with Gasteiger partial charge in [0.2, 0.25) is 0 Å². The average Bonchev–Trinajstić information content (AvgIpc) is 2.85. The number of rotatable bonds is 4. The summed E-state index contributed by atoms with van der Waals surface area (Å²) in [6, 6.07) is 9.38. The molecule has 3 rings (SSSR count).